The molecule has 10 atom stereocenters. The number of esters is 4. The smallest absolute Gasteiger partial charge is 0.342 e. The third kappa shape index (κ3) is 7.74. The van der Waals surface area contributed by atoms with Crippen molar-refractivity contribution in [2.24, 2.45) is 22.7 Å². The molecule has 0 spiro atoms. The van der Waals surface area contributed by atoms with E-state index in [-0.39, 0.29) is 23.5 Å². The Bertz CT molecular complexity index is 2110. The number of amides is 2. The molecule has 2 bridgehead atoms. The van der Waals surface area contributed by atoms with Crippen LogP contribution in [0.1, 0.15) is 90.7 Å². The van der Waals surface area contributed by atoms with Crippen molar-refractivity contribution in [3.63, 3.8) is 0 Å². The molecule has 2 fully saturated rings. The molecule has 6 rings (SSSR count). The summed E-state index contributed by atoms with van der Waals surface area (Å²) in [5, 5.41) is 30.7. The van der Waals surface area contributed by atoms with Crippen LogP contribution in [0.2, 0.25) is 0 Å². The molecule has 322 valence electrons. The predicted molar refractivity (Wildman–Crippen MR) is 213 cm³/mol. The highest BCUT2D eigenvalue weighted by atomic mass is 16.6. The molecule has 3 aliphatic carbocycles. The number of ether oxygens (including phenoxy) is 5. The van der Waals surface area contributed by atoms with Crippen LogP contribution in [0.5, 0.6) is 0 Å². The van der Waals surface area contributed by atoms with Crippen LogP contribution in [0.15, 0.2) is 84.1 Å². The van der Waals surface area contributed by atoms with Crippen LogP contribution >= 0.6 is 0 Å². The zero-order valence-electron chi connectivity index (χ0n) is 35.3. The van der Waals surface area contributed by atoms with Crippen LogP contribution in [0.3, 0.4) is 0 Å². The lowest BCUT2D eigenvalue weighted by molar-refractivity contribution is -0.311. The third-order valence-electron chi connectivity index (χ3n) is 12.4. The van der Waals surface area contributed by atoms with Gasteiger partial charge in [-0.2, -0.15) is 0 Å². The van der Waals surface area contributed by atoms with E-state index in [1.54, 1.807) is 109 Å². The van der Waals surface area contributed by atoms with E-state index in [2.05, 4.69) is 10.6 Å². The Morgan fingerprint density at radius 2 is 1.53 bits per heavy atom. The highest BCUT2D eigenvalue weighted by Crippen LogP contribution is 2.64. The lowest BCUT2D eigenvalue weighted by Gasteiger charge is -2.65. The topological polar surface area (TPSA) is 213 Å². The van der Waals surface area contributed by atoms with Crippen LogP contribution < -0.4 is 10.6 Å². The van der Waals surface area contributed by atoms with Crippen LogP contribution in [0.4, 0.5) is 4.79 Å². The first-order chi connectivity index (χ1) is 28.0. The van der Waals surface area contributed by atoms with Crippen LogP contribution in [-0.2, 0) is 42.9 Å². The van der Waals surface area contributed by atoms with Gasteiger partial charge in [0.1, 0.15) is 23.6 Å². The molecule has 15 heteroatoms. The average molecular weight is 833 g/mol. The summed E-state index contributed by atoms with van der Waals surface area (Å²) >= 11 is 0. The van der Waals surface area contributed by atoms with Gasteiger partial charge in [0.05, 0.1) is 29.5 Å². The number of nitrogens with one attached hydrogen (secondary N) is 2. The van der Waals surface area contributed by atoms with Crippen molar-refractivity contribution in [1.29, 1.82) is 0 Å². The fourth-order valence-corrected chi connectivity index (χ4v) is 9.54. The number of hydrogen-bond donors (Lipinski definition) is 4. The first kappa shape index (κ1) is 44.2. The third-order valence-corrected chi connectivity index (χ3v) is 12.4. The SMILES string of the molecule is CC(=O)O[C@H]1C(=O)[C@]2(C)C=C[C@H]3OC[C@@]3(OC(C)=O)C2C(OC(=O)c2ccccc2)[C@]2(O)CC(OC(=O)[C@H](O)[C@@H](NC(=O)N[14C](C)(C)C)c3ccccc3)=C(C)C1C2(C)C. The molecule has 4 N–H and O–H groups in total. The van der Waals surface area contributed by atoms with Crippen molar-refractivity contribution in [3.8, 4) is 0 Å². The Morgan fingerprint density at radius 3 is 2.08 bits per heavy atom. The monoisotopic (exact) mass is 832 g/mol. The summed E-state index contributed by atoms with van der Waals surface area (Å²) in [5.74, 6) is -7.12. The highest BCUT2D eigenvalue weighted by molar-refractivity contribution is 5.94. The lowest BCUT2D eigenvalue weighted by atomic mass is 9.45. The Hall–Kier alpha value is -5.38. The molecule has 2 aromatic carbocycles. The summed E-state index contributed by atoms with van der Waals surface area (Å²) in [4.78, 5) is 82.8. The number of aliphatic hydroxyl groups excluding tert-OH is 1. The fourth-order valence-electron chi connectivity index (χ4n) is 9.54. The van der Waals surface area contributed by atoms with Gasteiger partial charge in [-0.05, 0) is 57.9 Å². The maximum absolute atomic E-state index is 15.4. The van der Waals surface area contributed by atoms with Crippen LogP contribution in [0, 0.1) is 22.7 Å². The summed E-state index contributed by atoms with van der Waals surface area (Å²) < 4.78 is 30.3. The molecule has 1 aliphatic heterocycles. The van der Waals surface area contributed by atoms with Gasteiger partial charge in [-0.15, -0.1) is 0 Å². The van der Waals surface area contributed by atoms with Crippen molar-refractivity contribution < 1.29 is 62.7 Å². The zero-order chi connectivity index (χ0) is 44.2. The van der Waals surface area contributed by atoms with E-state index in [1.807, 2.05) is 0 Å². The fraction of sp³-hybridized carbons (Fsp3) is 0.511. The molecule has 3 unspecified atom stereocenters. The Morgan fingerprint density at radius 1 is 0.917 bits per heavy atom. The van der Waals surface area contributed by atoms with E-state index < -0.39 is 112 Å². The number of fused-ring (bicyclic) bond motifs is 5. The van der Waals surface area contributed by atoms with E-state index in [1.165, 1.54) is 19.1 Å². The van der Waals surface area contributed by atoms with Crippen LogP contribution in [-0.4, -0.2) is 93.7 Å². The molecule has 60 heavy (non-hydrogen) atoms. The van der Waals surface area contributed by atoms with Gasteiger partial charge in [0.25, 0.3) is 0 Å². The van der Waals surface area contributed by atoms with Crippen LogP contribution in [0.25, 0.3) is 0 Å². The Labute approximate surface area is 348 Å². The number of allylic oxidation sites excluding steroid dienone is 1. The molecule has 1 saturated carbocycles. The van der Waals surface area contributed by atoms with Crippen molar-refractivity contribution >= 4 is 35.7 Å². The lowest BCUT2D eigenvalue weighted by Crippen LogP contribution is -2.79. The maximum atomic E-state index is 15.4. The quantitative estimate of drug-likeness (QED) is 0.157. The van der Waals surface area contributed by atoms with Gasteiger partial charge in [-0.25, -0.2) is 14.4 Å². The number of urea groups is 1. The molecular formula is C45H54N2O13. The molecular weight excluding hydrogens is 778 g/mol. The standard InChI is InChI=1S/C45H54N2O13/c1-24-29(58-39(53)33(50)32(27-16-12-10-13-17-27)46-40(54)47-41(4,5)6)22-45(55)37(59-38(52)28-18-14-11-15-19-28)35-43(9,21-20-30-44(35,23-56-30)60-26(3)49)36(51)34(57-25(2)48)31(24)42(45,7)8/h10-21,30-35,37,50,55H,22-23H2,1-9H3,(H2,46,47,54)/t30-,31?,32+,33-,34-,35?,37?,43-,44+,45-/m1/s1/i41+2. The Balaban J connectivity index is 1.52. The van der Waals surface area contributed by atoms with Gasteiger partial charge in [-0.3, -0.25) is 14.4 Å². The number of ketones is 1. The summed E-state index contributed by atoms with van der Waals surface area (Å²) in [5.41, 5.74) is -7.18. The summed E-state index contributed by atoms with van der Waals surface area (Å²) in [6, 6.07) is 14.3. The highest BCUT2D eigenvalue weighted by Gasteiger charge is 2.76. The number of hydrogen-bond acceptors (Lipinski definition) is 13. The largest absolute Gasteiger partial charge is 0.455 e. The van der Waals surface area contributed by atoms with Gasteiger partial charge < -0.3 is 44.5 Å². The molecule has 15 nitrogen and oxygen atoms in total. The summed E-state index contributed by atoms with van der Waals surface area (Å²) in [6.07, 6.45) is -3.69. The summed E-state index contributed by atoms with van der Waals surface area (Å²) in [6.45, 7) is 13.7. The van der Waals surface area contributed by atoms with Crippen molar-refractivity contribution in [2.45, 2.75) is 116 Å². The molecule has 0 aromatic heterocycles. The minimum atomic E-state index is -2.30. The van der Waals surface area contributed by atoms with E-state index in [9.17, 15) is 34.2 Å². The number of carbonyl (C=O) groups excluding carboxylic acids is 6. The minimum Gasteiger partial charge on any atom is -0.455 e. The van der Waals surface area contributed by atoms with Gasteiger partial charge in [-0.1, -0.05) is 74.5 Å². The average Bonchev–Trinajstić information content (AvgIpc) is 3.15. The first-order valence-electron chi connectivity index (χ1n) is 19.9. The number of benzene rings is 2. The number of aliphatic hydroxyl groups is 2. The zero-order valence-corrected chi connectivity index (χ0v) is 35.3. The number of rotatable bonds is 9. The number of Topliss-reactive ketones (excluding diaryl/α,β-unsaturated/α-hetero) is 1. The maximum Gasteiger partial charge on any atom is 0.342 e. The van der Waals surface area contributed by atoms with Crippen molar-refractivity contribution in [1.82, 2.24) is 10.6 Å². The van der Waals surface area contributed by atoms with E-state index in [0.717, 1.165) is 6.92 Å². The van der Waals surface area contributed by atoms with Crippen molar-refractivity contribution in [3.05, 3.63) is 95.3 Å². The Kier molecular flexibility index (Phi) is 11.7. The van der Waals surface area contributed by atoms with Gasteiger partial charge in [0.2, 0.25) is 0 Å². The molecule has 0 radical (unpaired) electrons. The molecule has 1 heterocycles. The first-order valence-corrected chi connectivity index (χ1v) is 19.9. The number of carbonyl (C=O) groups is 6. The van der Waals surface area contributed by atoms with E-state index in [0.29, 0.717) is 5.56 Å². The molecule has 2 amide bonds. The second kappa shape index (κ2) is 15.9. The second-order valence-electron chi connectivity index (χ2n) is 18.0. The molecule has 1 saturated heterocycles. The van der Waals surface area contributed by atoms with Gasteiger partial charge in [0.15, 0.2) is 23.6 Å². The van der Waals surface area contributed by atoms with E-state index in [4.69, 9.17) is 23.7 Å². The summed E-state index contributed by atoms with van der Waals surface area (Å²) in [7, 11) is 0. The predicted octanol–water partition coefficient (Wildman–Crippen LogP) is 4.41. The molecule has 4 aliphatic rings. The normalized spacial score (nSPS) is 31.3. The molecule has 2 aromatic rings. The minimum absolute atomic E-state index is 0.116. The van der Waals surface area contributed by atoms with Gasteiger partial charge in [0, 0.05) is 37.1 Å². The van der Waals surface area contributed by atoms with Gasteiger partial charge >= 0.3 is 29.9 Å². The van der Waals surface area contributed by atoms with E-state index >= 15 is 4.79 Å². The second-order valence-corrected chi connectivity index (χ2v) is 18.0. The van der Waals surface area contributed by atoms with Crippen molar-refractivity contribution in [2.75, 3.05) is 6.61 Å².